The second kappa shape index (κ2) is 5.75. The fourth-order valence-corrected chi connectivity index (χ4v) is 4.26. The van der Waals surface area contributed by atoms with Crippen molar-refractivity contribution < 1.29 is 22.3 Å². The van der Waals surface area contributed by atoms with Gasteiger partial charge in [0.15, 0.2) is 0 Å². The Morgan fingerprint density at radius 3 is 2.75 bits per heavy atom. The summed E-state index contributed by atoms with van der Waals surface area (Å²) in [5.74, 6) is -1.37. The Balaban J connectivity index is 2.40. The van der Waals surface area contributed by atoms with Gasteiger partial charge in [0, 0.05) is 12.1 Å². The quantitative estimate of drug-likeness (QED) is 0.923. The van der Waals surface area contributed by atoms with Crippen molar-refractivity contribution in [3.8, 4) is 0 Å². The van der Waals surface area contributed by atoms with Crippen molar-refractivity contribution in [2.75, 3.05) is 12.3 Å². The molecule has 1 heterocycles. The van der Waals surface area contributed by atoms with Crippen LogP contribution >= 0.6 is 0 Å². The first-order valence-electron chi connectivity index (χ1n) is 6.47. The number of aliphatic hydroxyl groups is 1. The molecule has 2 unspecified atom stereocenters. The highest BCUT2D eigenvalue weighted by atomic mass is 32.2. The lowest BCUT2D eigenvalue weighted by atomic mass is 10.0. The molecular formula is C13H17F2NO3S. The van der Waals surface area contributed by atoms with Gasteiger partial charge in [-0.05, 0) is 31.0 Å². The number of halogens is 2. The third-order valence-electron chi connectivity index (χ3n) is 3.37. The standard InChI is InChI=1S/C13H17F2NO3S/c1-2-5-20(18,19)16-8-10(17)7-13(16)11-6-9(14)3-4-12(11)15/h3-4,6,10,13,17H,2,5,7-8H2,1H3. The number of hydrogen-bond donors (Lipinski definition) is 1. The SMILES string of the molecule is CCCS(=O)(=O)N1CC(O)CC1c1cc(F)ccc1F. The third kappa shape index (κ3) is 2.99. The van der Waals surface area contributed by atoms with Crippen LogP contribution in [-0.4, -0.2) is 36.2 Å². The average molecular weight is 305 g/mol. The van der Waals surface area contributed by atoms with E-state index in [1.807, 2.05) is 0 Å². The minimum Gasteiger partial charge on any atom is -0.392 e. The Kier molecular flexibility index (Phi) is 4.41. The topological polar surface area (TPSA) is 57.6 Å². The van der Waals surface area contributed by atoms with Crippen molar-refractivity contribution in [1.82, 2.24) is 4.31 Å². The number of nitrogens with zero attached hydrogens (tertiary/aromatic N) is 1. The van der Waals surface area contributed by atoms with E-state index < -0.39 is 33.8 Å². The highest BCUT2D eigenvalue weighted by Crippen LogP contribution is 2.36. The first-order chi connectivity index (χ1) is 9.35. The van der Waals surface area contributed by atoms with Gasteiger partial charge in [-0.15, -0.1) is 0 Å². The molecule has 2 rings (SSSR count). The molecule has 112 valence electrons. The molecule has 1 aromatic carbocycles. The fraction of sp³-hybridized carbons (Fsp3) is 0.538. The highest BCUT2D eigenvalue weighted by molar-refractivity contribution is 7.89. The van der Waals surface area contributed by atoms with E-state index in [1.165, 1.54) is 0 Å². The summed E-state index contributed by atoms with van der Waals surface area (Å²) in [5, 5.41) is 9.70. The summed E-state index contributed by atoms with van der Waals surface area (Å²) in [7, 11) is -3.59. The van der Waals surface area contributed by atoms with Gasteiger partial charge in [-0.25, -0.2) is 17.2 Å². The van der Waals surface area contributed by atoms with Gasteiger partial charge in [0.1, 0.15) is 11.6 Å². The normalized spacial score (nSPS) is 24.2. The maximum absolute atomic E-state index is 13.8. The van der Waals surface area contributed by atoms with Crippen molar-refractivity contribution in [1.29, 1.82) is 0 Å². The van der Waals surface area contributed by atoms with Crippen LogP contribution in [-0.2, 0) is 10.0 Å². The summed E-state index contributed by atoms with van der Waals surface area (Å²) >= 11 is 0. The molecule has 1 fully saturated rings. The highest BCUT2D eigenvalue weighted by Gasteiger charge is 2.40. The van der Waals surface area contributed by atoms with Crippen LogP contribution in [0.5, 0.6) is 0 Å². The van der Waals surface area contributed by atoms with Gasteiger partial charge >= 0.3 is 0 Å². The molecular weight excluding hydrogens is 288 g/mol. The van der Waals surface area contributed by atoms with Crippen LogP contribution in [0.2, 0.25) is 0 Å². The summed E-state index contributed by atoms with van der Waals surface area (Å²) in [5.41, 5.74) is -0.0266. The van der Waals surface area contributed by atoms with Crippen LogP contribution in [0.1, 0.15) is 31.4 Å². The van der Waals surface area contributed by atoms with Gasteiger partial charge in [-0.1, -0.05) is 6.92 Å². The number of sulfonamides is 1. The van der Waals surface area contributed by atoms with Crippen molar-refractivity contribution >= 4 is 10.0 Å². The van der Waals surface area contributed by atoms with E-state index in [1.54, 1.807) is 6.92 Å². The summed E-state index contributed by atoms with van der Waals surface area (Å²) in [6.07, 6.45) is -0.370. The maximum Gasteiger partial charge on any atom is 0.214 e. The summed E-state index contributed by atoms with van der Waals surface area (Å²) in [6.45, 7) is 1.64. The van der Waals surface area contributed by atoms with Crippen LogP contribution in [0.15, 0.2) is 18.2 Å². The van der Waals surface area contributed by atoms with E-state index in [2.05, 4.69) is 0 Å². The molecule has 1 N–H and O–H groups in total. The van der Waals surface area contributed by atoms with Crippen LogP contribution in [0, 0.1) is 11.6 Å². The fourth-order valence-electron chi connectivity index (χ4n) is 2.52. The zero-order valence-electron chi connectivity index (χ0n) is 11.1. The van der Waals surface area contributed by atoms with Crippen molar-refractivity contribution in [3.05, 3.63) is 35.4 Å². The zero-order valence-corrected chi connectivity index (χ0v) is 11.9. The number of β-amino-alcohol motifs (C(OH)–C–C–N with tert-alkyl or cyclic N) is 1. The maximum atomic E-state index is 13.8. The molecule has 0 saturated carbocycles. The molecule has 0 radical (unpaired) electrons. The molecule has 0 amide bonds. The Morgan fingerprint density at radius 1 is 1.40 bits per heavy atom. The molecule has 2 atom stereocenters. The van der Waals surface area contributed by atoms with Gasteiger partial charge in [-0.2, -0.15) is 4.31 Å². The molecule has 7 heteroatoms. The summed E-state index contributed by atoms with van der Waals surface area (Å²) < 4.78 is 52.5. The molecule has 1 aliphatic rings. The van der Waals surface area contributed by atoms with E-state index in [9.17, 15) is 22.3 Å². The Morgan fingerprint density at radius 2 is 2.10 bits per heavy atom. The van der Waals surface area contributed by atoms with E-state index >= 15 is 0 Å². The number of hydrogen-bond acceptors (Lipinski definition) is 3. The minimum atomic E-state index is -3.59. The Hall–Kier alpha value is -1.05. The van der Waals surface area contributed by atoms with Gasteiger partial charge in [-0.3, -0.25) is 0 Å². The minimum absolute atomic E-state index is 0.0266. The first kappa shape index (κ1) is 15.3. The first-order valence-corrected chi connectivity index (χ1v) is 8.08. The van der Waals surface area contributed by atoms with Crippen LogP contribution in [0.3, 0.4) is 0 Å². The monoisotopic (exact) mass is 305 g/mol. The molecule has 0 aromatic heterocycles. The predicted molar refractivity (Wildman–Crippen MR) is 70.5 cm³/mol. The molecule has 0 spiro atoms. The van der Waals surface area contributed by atoms with E-state index in [-0.39, 0.29) is 24.3 Å². The largest absolute Gasteiger partial charge is 0.392 e. The molecule has 0 aliphatic carbocycles. The van der Waals surface area contributed by atoms with Crippen LogP contribution in [0.25, 0.3) is 0 Å². The van der Waals surface area contributed by atoms with Crippen molar-refractivity contribution in [2.45, 2.75) is 31.9 Å². The van der Waals surface area contributed by atoms with Gasteiger partial charge < -0.3 is 5.11 Å². The lowest BCUT2D eigenvalue weighted by molar-refractivity contribution is 0.188. The molecule has 1 aliphatic heterocycles. The molecule has 1 aromatic rings. The molecule has 1 saturated heterocycles. The molecule has 0 bridgehead atoms. The zero-order chi connectivity index (χ0) is 14.9. The van der Waals surface area contributed by atoms with Crippen LogP contribution < -0.4 is 0 Å². The third-order valence-corrected chi connectivity index (χ3v) is 5.41. The lowest BCUT2D eigenvalue weighted by Crippen LogP contribution is -2.34. The van der Waals surface area contributed by atoms with Crippen molar-refractivity contribution in [2.24, 2.45) is 0 Å². The van der Waals surface area contributed by atoms with Crippen molar-refractivity contribution in [3.63, 3.8) is 0 Å². The summed E-state index contributed by atoms with van der Waals surface area (Å²) in [6, 6.07) is 2.10. The van der Waals surface area contributed by atoms with E-state index in [0.717, 1.165) is 22.5 Å². The van der Waals surface area contributed by atoms with E-state index in [4.69, 9.17) is 0 Å². The van der Waals surface area contributed by atoms with E-state index in [0.29, 0.717) is 6.42 Å². The second-order valence-corrected chi connectivity index (χ2v) is 7.00. The predicted octanol–water partition coefficient (Wildman–Crippen LogP) is 1.81. The van der Waals surface area contributed by atoms with Gasteiger partial charge in [0.25, 0.3) is 0 Å². The molecule has 4 nitrogen and oxygen atoms in total. The Bertz CT molecular complexity index is 591. The van der Waals surface area contributed by atoms with Crippen LogP contribution in [0.4, 0.5) is 8.78 Å². The second-order valence-electron chi connectivity index (χ2n) is 4.96. The lowest BCUT2D eigenvalue weighted by Gasteiger charge is -2.24. The van der Waals surface area contributed by atoms with Gasteiger partial charge in [0.05, 0.1) is 17.9 Å². The average Bonchev–Trinajstić information content (AvgIpc) is 2.75. The van der Waals surface area contributed by atoms with Gasteiger partial charge in [0.2, 0.25) is 10.0 Å². The smallest absolute Gasteiger partial charge is 0.214 e. The summed E-state index contributed by atoms with van der Waals surface area (Å²) in [4.78, 5) is 0. The number of benzene rings is 1. The number of aliphatic hydroxyl groups excluding tert-OH is 1. The molecule has 20 heavy (non-hydrogen) atoms. The number of rotatable bonds is 4. The Labute approximate surface area is 117 Å².